The van der Waals surface area contributed by atoms with Crippen molar-refractivity contribution in [3.05, 3.63) is 46.3 Å². The van der Waals surface area contributed by atoms with Crippen molar-refractivity contribution >= 4 is 34.6 Å². The Kier molecular flexibility index (Phi) is 14.1. The molecule has 0 aromatic heterocycles. The minimum absolute atomic E-state index is 0. The highest BCUT2D eigenvalue weighted by Gasteiger charge is 2.32. The normalized spacial score (nSPS) is 12.2. The van der Waals surface area contributed by atoms with E-state index in [-0.39, 0.29) is 77.0 Å². The number of halogens is 2. The number of fused-ring (bicyclic) bond motifs is 1. The van der Waals surface area contributed by atoms with E-state index in [2.05, 4.69) is 6.07 Å². The van der Waals surface area contributed by atoms with Gasteiger partial charge in [-0.1, -0.05) is 26.8 Å². The van der Waals surface area contributed by atoms with Gasteiger partial charge in [0, 0.05) is 31.4 Å². The molecule has 12 heteroatoms. The van der Waals surface area contributed by atoms with Gasteiger partial charge in [-0.05, 0) is 54.4 Å². The van der Waals surface area contributed by atoms with Gasteiger partial charge < -0.3 is 29.0 Å². The van der Waals surface area contributed by atoms with Crippen molar-refractivity contribution < 1.29 is 38.0 Å². The third-order valence-electron chi connectivity index (χ3n) is 7.31. The maximum absolute atomic E-state index is 15.1. The topological polar surface area (TPSA) is 142 Å². The van der Waals surface area contributed by atoms with Crippen LogP contribution in [0.15, 0.2) is 18.2 Å². The molecule has 0 spiro atoms. The van der Waals surface area contributed by atoms with Crippen LogP contribution < -0.4 is 18.9 Å². The molecule has 0 amide bonds. The number of carboxylic acid groups (broad SMARTS) is 1. The van der Waals surface area contributed by atoms with Gasteiger partial charge in [0.15, 0.2) is 34.6 Å². The van der Waals surface area contributed by atoms with Crippen molar-refractivity contribution in [3.63, 3.8) is 0 Å². The quantitative estimate of drug-likeness (QED) is 0.181. The molecule has 0 bridgehead atoms. The fourth-order valence-electron chi connectivity index (χ4n) is 5.04. The lowest BCUT2D eigenvalue weighted by molar-refractivity contribution is -0.137. The highest BCUT2D eigenvalue weighted by Crippen LogP contribution is 2.41. The number of rotatable bonds is 17. The first-order chi connectivity index (χ1) is 20.9. The average Bonchev–Trinajstić information content (AvgIpc) is 3.28. The Bertz CT molecular complexity index is 1420. The Hall–Kier alpha value is -3.85. The number of ketones is 1. The third kappa shape index (κ3) is 9.82. The second kappa shape index (κ2) is 17.0. The first-order valence-corrected chi connectivity index (χ1v) is 14.7. The number of methoxy groups -OCH3 is 2. The fourth-order valence-corrected chi connectivity index (χ4v) is 5.04. The maximum Gasteiger partial charge on any atom is 0.303 e. The highest BCUT2D eigenvalue weighted by atomic mass is 79.9. The molecular weight excluding hydrogens is 649 g/mol. The van der Waals surface area contributed by atoms with E-state index in [0.717, 1.165) is 11.1 Å². The van der Waals surface area contributed by atoms with Crippen LogP contribution in [0.3, 0.4) is 0 Å². The Morgan fingerprint density at radius 1 is 1.02 bits per heavy atom. The average molecular weight is 693 g/mol. The van der Waals surface area contributed by atoms with Crippen molar-refractivity contribution in [3.8, 4) is 29.1 Å². The maximum atomic E-state index is 15.1. The van der Waals surface area contributed by atoms with Crippen molar-refractivity contribution in [1.82, 2.24) is 4.90 Å². The number of Topliss-reactive ketones (excluding diaryl/α,β-unsaturated/α-hetero) is 1. The number of aryl methyl sites for hydroxylation is 1. The molecule has 10 nitrogen and oxygen atoms in total. The van der Waals surface area contributed by atoms with Crippen LogP contribution in [0.5, 0.6) is 23.0 Å². The fraction of sp³-hybridized carbons (Fsp3) is 0.515. The summed E-state index contributed by atoms with van der Waals surface area (Å²) in [5.74, 6) is -0.436. The second-order valence-electron chi connectivity index (χ2n) is 11.7. The van der Waals surface area contributed by atoms with Crippen LogP contribution in [-0.2, 0) is 28.0 Å². The molecule has 0 saturated carbocycles. The van der Waals surface area contributed by atoms with E-state index < -0.39 is 11.8 Å². The van der Waals surface area contributed by atoms with Crippen molar-refractivity contribution in [1.29, 1.82) is 10.7 Å². The first-order valence-electron chi connectivity index (χ1n) is 14.7. The van der Waals surface area contributed by atoms with E-state index in [0.29, 0.717) is 62.4 Å². The predicted octanol–water partition coefficient (Wildman–Crippen LogP) is 6.38. The number of nitrogens with zero attached hydrogens (tertiary/aromatic N) is 2. The van der Waals surface area contributed by atoms with Gasteiger partial charge in [0.2, 0.25) is 0 Å². The summed E-state index contributed by atoms with van der Waals surface area (Å²) >= 11 is 0. The molecule has 0 fully saturated rings. The van der Waals surface area contributed by atoms with Crippen LogP contribution >= 0.6 is 17.0 Å². The van der Waals surface area contributed by atoms with Gasteiger partial charge in [0.05, 0.1) is 45.6 Å². The summed E-state index contributed by atoms with van der Waals surface area (Å²) in [5, 5.41) is 26.4. The van der Waals surface area contributed by atoms with E-state index in [9.17, 15) is 9.59 Å². The molecule has 0 radical (unpaired) electrons. The van der Waals surface area contributed by atoms with Crippen molar-refractivity contribution in [2.45, 2.75) is 77.7 Å². The lowest BCUT2D eigenvalue weighted by atomic mass is 9.84. The number of nitrogens with one attached hydrogen (secondary N) is 1. The Balaban J connectivity index is 0.00000705. The number of carbonyl (C=O) groups excluding carboxylic acids is 1. The minimum Gasteiger partial charge on any atom is -0.493 e. The molecule has 0 saturated heterocycles. The zero-order chi connectivity index (χ0) is 32.4. The van der Waals surface area contributed by atoms with Crippen LogP contribution in [0.25, 0.3) is 0 Å². The smallest absolute Gasteiger partial charge is 0.303 e. The van der Waals surface area contributed by atoms with Crippen LogP contribution in [-0.4, -0.2) is 61.6 Å². The number of aliphatic carboxylic acids is 1. The summed E-state index contributed by atoms with van der Waals surface area (Å²) < 4.78 is 37.7. The SMILES string of the molecule is Br.COc1cc2c(c(F)c1OC)C(=N)N(CC(=O)CCc1cc(OCCCC#N)c(OCCCCC(=O)O)c(C(C)(C)C)c1)C2. The molecule has 45 heavy (non-hydrogen) atoms. The van der Waals surface area contributed by atoms with Gasteiger partial charge in [0.1, 0.15) is 5.84 Å². The van der Waals surface area contributed by atoms with Crippen LogP contribution in [0, 0.1) is 22.6 Å². The number of amidine groups is 1. The number of benzene rings is 2. The van der Waals surface area contributed by atoms with E-state index in [1.165, 1.54) is 14.2 Å². The van der Waals surface area contributed by atoms with Gasteiger partial charge >= 0.3 is 5.97 Å². The Morgan fingerprint density at radius 2 is 1.73 bits per heavy atom. The summed E-state index contributed by atoms with van der Waals surface area (Å²) in [7, 11) is 2.75. The predicted molar refractivity (Wildman–Crippen MR) is 173 cm³/mol. The van der Waals surface area contributed by atoms with Gasteiger partial charge in [-0.2, -0.15) is 5.26 Å². The summed E-state index contributed by atoms with van der Waals surface area (Å²) in [6, 6.07) is 7.60. The third-order valence-corrected chi connectivity index (χ3v) is 7.31. The molecule has 1 aliphatic heterocycles. The minimum atomic E-state index is -0.848. The molecule has 1 aliphatic rings. The number of carbonyl (C=O) groups is 2. The molecule has 1 heterocycles. The van der Waals surface area contributed by atoms with E-state index in [1.54, 1.807) is 11.0 Å². The molecule has 0 unspecified atom stereocenters. The van der Waals surface area contributed by atoms with Crippen LogP contribution in [0.2, 0.25) is 0 Å². The summed E-state index contributed by atoms with van der Waals surface area (Å²) in [5.41, 5.74) is 2.11. The highest BCUT2D eigenvalue weighted by molar-refractivity contribution is 8.93. The molecule has 0 aliphatic carbocycles. The molecule has 0 atom stereocenters. The molecule has 246 valence electrons. The zero-order valence-electron chi connectivity index (χ0n) is 26.6. The van der Waals surface area contributed by atoms with E-state index in [1.807, 2.05) is 32.9 Å². The van der Waals surface area contributed by atoms with Crippen molar-refractivity contribution in [2.24, 2.45) is 0 Å². The molecule has 2 aromatic carbocycles. The summed E-state index contributed by atoms with van der Waals surface area (Å²) in [6.45, 7) is 6.96. The summed E-state index contributed by atoms with van der Waals surface area (Å²) in [4.78, 5) is 25.5. The molecule has 2 N–H and O–H groups in total. The standard InChI is InChI=1S/C33H42FN3O7.BrH/c1-33(2,3)24-16-21(17-26(43-14-9-7-13-35)30(24)44-15-8-6-10-27(39)40)11-12-23(38)20-37-19-22-18-25(41-4)31(42-5)29(34)28(22)32(37)36;/h16-18,36H,6-12,14-15,19-20H2,1-5H3,(H,39,40);1H. The monoisotopic (exact) mass is 691 g/mol. The number of nitriles is 1. The van der Waals surface area contributed by atoms with Gasteiger partial charge in [-0.3, -0.25) is 15.0 Å². The number of unbranched alkanes of at least 4 members (excludes halogenated alkanes) is 2. The lowest BCUT2D eigenvalue weighted by Crippen LogP contribution is -2.30. The first kappa shape index (κ1) is 37.3. The second-order valence-corrected chi connectivity index (χ2v) is 11.7. The number of hydrogen-bond donors (Lipinski definition) is 2. The largest absolute Gasteiger partial charge is 0.493 e. The Labute approximate surface area is 274 Å². The number of carboxylic acids is 1. The van der Waals surface area contributed by atoms with Gasteiger partial charge in [-0.25, -0.2) is 4.39 Å². The Morgan fingerprint density at radius 3 is 2.36 bits per heavy atom. The van der Waals surface area contributed by atoms with Crippen molar-refractivity contribution in [2.75, 3.05) is 34.0 Å². The molecule has 2 aromatic rings. The molecular formula is C33H43BrFN3O7. The zero-order valence-corrected chi connectivity index (χ0v) is 28.3. The van der Waals surface area contributed by atoms with Crippen LogP contribution in [0.1, 0.15) is 81.5 Å². The van der Waals surface area contributed by atoms with Gasteiger partial charge in [-0.15, -0.1) is 17.0 Å². The van der Waals surface area contributed by atoms with E-state index in [4.69, 9.17) is 34.7 Å². The lowest BCUT2D eigenvalue weighted by Gasteiger charge is -2.26. The molecule has 3 rings (SSSR count). The van der Waals surface area contributed by atoms with Crippen LogP contribution in [0.4, 0.5) is 4.39 Å². The number of ether oxygens (including phenoxy) is 4. The number of hydrogen-bond acceptors (Lipinski definition) is 8. The summed E-state index contributed by atoms with van der Waals surface area (Å²) in [6.07, 6.45) is 2.64. The van der Waals surface area contributed by atoms with Gasteiger partial charge in [0.25, 0.3) is 0 Å². The van der Waals surface area contributed by atoms with E-state index >= 15 is 4.39 Å².